The Morgan fingerprint density at radius 2 is 1.77 bits per heavy atom. The Morgan fingerprint density at radius 1 is 1.14 bits per heavy atom. The summed E-state index contributed by atoms with van der Waals surface area (Å²) in [4.78, 5) is 11.5. The number of sulfonamides is 1. The molecule has 0 aliphatic rings. The average molecular weight is 401 g/mol. The molecule has 0 saturated heterocycles. The highest BCUT2D eigenvalue weighted by Gasteiger charge is 2.16. The van der Waals surface area contributed by atoms with Crippen LogP contribution in [0.3, 0.4) is 0 Å². The first-order chi connectivity index (χ1) is 10.3. The lowest BCUT2D eigenvalue weighted by molar-refractivity contribution is -0.114. The summed E-state index contributed by atoms with van der Waals surface area (Å²) in [5.74, 6) is -0.251. The maximum Gasteiger partial charge on any atom is 0.261 e. The number of carbonyl (C=O) groups excluding carboxylic acids is 1. The van der Waals surface area contributed by atoms with Crippen LogP contribution < -0.4 is 10.0 Å². The third-order valence-corrected chi connectivity index (χ3v) is 4.96. The van der Waals surface area contributed by atoms with Crippen molar-refractivity contribution in [3.05, 3.63) is 46.9 Å². The van der Waals surface area contributed by atoms with Crippen LogP contribution in [0.4, 0.5) is 11.4 Å². The molecule has 0 saturated carbocycles. The molecule has 22 heavy (non-hydrogen) atoms. The zero-order valence-electron chi connectivity index (χ0n) is 11.5. The summed E-state index contributed by atoms with van der Waals surface area (Å²) in [7, 11) is -3.72. The summed E-state index contributed by atoms with van der Waals surface area (Å²) in [5.41, 5.74) is 0.910. The average Bonchev–Trinajstić information content (AvgIpc) is 2.43. The molecule has 2 rings (SSSR count). The Hall–Kier alpha value is -1.51. The van der Waals surface area contributed by atoms with Crippen LogP contribution in [-0.2, 0) is 14.8 Å². The van der Waals surface area contributed by atoms with Crippen LogP contribution in [0.15, 0.2) is 56.7 Å². The zero-order valence-corrected chi connectivity index (χ0v) is 14.8. The molecule has 0 spiro atoms. The van der Waals surface area contributed by atoms with E-state index in [-0.39, 0.29) is 10.8 Å². The minimum absolute atomic E-state index is 0.0644. The lowest BCUT2D eigenvalue weighted by Crippen LogP contribution is -2.13. The van der Waals surface area contributed by atoms with E-state index in [0.717, 1.165) is 4.47 Å². The fourth-order valence-electron chi connectivity index (χ4n) is 1.71. The number of thiol groups is 1. The molecular formula is C14H13BrN2O3S2. The highest BCUT2D eigenvalue weighted by atomic mass is 79.9. The van der Waals surface area contributed by atoms with E-state index in [9.17, 15) is 13.2 Å². The molecule has 0 fully saturated rings. The van der Waals surface area contributed by atoms with E-state index in [1.54, 1.807) is 24.3 Å². The monoisotopic (exact) mass is 400 g/mol. The largest absolute Gasteiger partial charge is 0.325 e. The van der Waals surface area contributed by atoms with Gasteiger partial charge in [-0.1, -0.05) is 15.9 Å². The lowest BCUT2D eigenvalue weighted by Gasteiger charge is -2.11. The first-order valence-electron chi connectivity index (χ1n) is 6.17. The van der Waals surface area contributed by atoms with Crippen molar-refractivity contribution in [3.8, 4) is 0 Å². The van der Waals surface area contributed by atoms with Gasteiger partial charge in [0.05, 0.1) is 10.6 Å². The Kier molecular flexibility index (Phi) is 5.15. The molecule has 2 aromatic carbocycles. The summed E-state index contributed by atoms with van der Waals surface area (Å²) in [6, 6.07) is 11.1. The molecule has 0 radical (unpaired) electrons. The second kappa shape index (κ2) is 6.72. The van der Waals surface area contributed by atoms with Gasteiger partial charge in [0.25, 0.3) is 10.0 Å². The molecule has 1 amide bonds. The molecule has 0 atom stereocenters. The second-order valence-electron chi connectivity index (χ2n) is 4.47. The maximum atomic E-state index is 12.3. The third kappa shape index (κ3) is 4.25. The van der Waals surface area contributed by atoms with Gasteiger partial charge in [0.1, 0.15) is 0 Å². The maximum absolute atomic E-state index is 12.3. The van der Waals surface area contributed by atoms with Crippen LogP contribution in [0.2, 0.25) is 0 Å². The van der Waals surface area contributed by atoms with Crippen LogP contribution in [0.5, 0.6) is 0 Å². The van der Waals surface area contributed by atoms with Crippen molar-refractivity contribution < 1.29 is 13.2 Å². The van der Waals surface area contributed by atoms with Crippen molar-refractivity contribution >= 4 is 55.9 Å². The van der Waals surface area contributed by atoms with Gasteiger partial charge in [-0.25, -0.2) is 8.42 Å². The number of anilines is 2. The Balaban J connectivity index is 2.27. The molecule has 0 aliphatic carbocycles. The number of hydrogen-bond acceptors (Lipinski definition) is 4. The van der Waals surface area contributed by atoms with Crippen molar-refractivity contribution in [1.29, 1.82) is 0 Å². The van der Waals surface area contributed by atoms with E-state index in [1.807, 2.05) is 0 Å². The van der Waals surface area contributed by atoms with Gasteiger partial charge < -0.3 is 5.32 Å². The molecule has 0 heterocycles. The summed E-state index contributed by atoms with van der Waals surface area (Å²) >= 11 is 7.49. The van der Waals surface area contributed by atoms with Crippen molar-refractivity contribution in [1.82, 2.24) is 0 Å². The van der Waals surface area contributed by atoms with Crippen LogP contribution in [0.25, 0.3) is 0 Å². The first-order valence-corrected chi connectivity index (χ1v) is 8.89. The van der Waals surface area contributed by atoms with E-state index in [4.69, 9.17) is 0 Å². The zero-order chi connectivity index (χ0) is 16.3. The molecule has 0 bridgehead atoms. The normalized spacial score (nSPS) is 11.0. The van der Waals surface area contributed by atoms with E-state index < -0.39 is 10.0 Å². The van der Waals surface area contributed by atoms with Crippen molar-refractivity contribution in [2.24, 2.45) is 0 Å². The third-order valence-electron chi connectivity index (χ3n) is 2.69. The molecule has 2 N–H and O–H groups in total. The molecule has 116 valence electrons. The van der Waals surface area contributed by atoms with Crippen LogP contribution in [0, 0.1) is 0 Å². The van der Waals surface area contributed by atoms with Gasteiger partial charge in [-0.05, 0) is 42.5 Å². The number of rotatable bonds is 4. The molecule has 0 aromatic heterocycles. The van der Waals surface area contributed by atoms with E-state index in [0.29, 0.717) is 16.3 Å². The van der Waals surface area contributed by atoms with E-state index >= 15 is 0 Å². The van der Waals surface area contributed by atoms with Gasteiger partial charge in [-0.15, -0.1) is 12.6 Å². The van der Waals surface area contributed by atoms with Gasteiger partial charge >= 0.3 is 0 Å². The standard InChI is InChI=1S/C14H13BrN2O3S2/c1-9(18)16-13-7-6-12(8-14(13)21)22(19,20)17-11-4-2-10(15)3-5-11/h2-8,17,21H,1H3,(H,16,18). The number of nitrogens with one attached hydrogen (secondary N) is 2. The van der Waals surface area contributed by atoms with Gasteiger partial charge in [-0.2, -0.15) is 0 Å². The molecule has 0 unspecified atom stereocenters. The lowest BCUT2D eigenvalue weighted by atomic mass is 10.3. The Bertz CT molecular complexity index is 805. The Labute approximate surface area is 142 Å². The number of carbonyl (C=O) groups is 1. The van der Waals surface area contributed by atoms with Gasteiger partial charge in [0, 0.05) is 22.0 Å². The molecule has 0 aliphatic heterocycles. The minimum Gasteiger partial charge on any atom is -0.325 e. The first kappa shape index (κ1) is 16.9. The van der Waals surface area contributed by atoms with Gasteiger partial charge in [0.2, 0.25) is 5.91 Å². The van der Waals surface area contributed by atoms with E-state index in [1.165, 1.54) is 25.1 Å². The van der Waals surface area contributed by atoms with E-state index in [2.05, 4.69) is 38.6 Å². The van der Waals surface area contributed by atoms with Crippen molar-refractivity contribution in [2.75, 3.05) is 10.0 Å². The topological polar surface area (TPSA) is 75.3 Å². The summed E-state index contributed by atoms with van der Waals surface area (Å²) in [6.45, 7) is 1.37. The number of amides is 1. The minimum atomic E-state index is -3.72. The van der Waals surface area contributed by atoms with Crippen LogP contribution in [-0.4, -0.2) is 14.3 Å². The quantitative estimate of drug-likeness (QED) is 0.687. The highest BCUT2D eigenvalue weighted by molar-refractivity contribution is 9.10. The van der Waals surface area contributed by atoms with Gasteiger partial charge in [-0.3, -0.25) is 9.52 Å². The smallest absolute Gasteiger partial charge is 0.261 e. The van der Waals surface area contributed by atoms with Gasteiger partial charge in [0.15, 0.2) is 0 Å². The molecule has 2 aromatic rings. The predicted octanol–water partition coefficient (Wildman–Crippen LogP) is 3.50. The highest BCUT2D eigenvalue weighted by Crippen LogP contribution is 2.25. The fourth-order valence-corrected chi connectivity index (χ4v) is 3.41. The van der Waals surface area contributed by atoms with Crippen molar-refractivity contribution in [3.63, 3.8) is 0 Å². The molecular weight excluding hydrogens is 388 g/mol. The summed E-state index contributed by atoms with van der Waals surface area (Å²) < 4.78 is 28.0. The SMILES string of the molecule is CC(=O)Nc1ccc(S(=O)(=O)Nc2ccc(Br)cc2)cc1S. The predicted molar refractivity (Wildman–Crippen MR) is 92.9 cm³/mol. The Morgan fingerprint density at radius 3 is 2.32 bits per heavy atom. The van der Waals surface area contributed by atoms with Crippen molar-refractivity contribution in [2.45, 2.75) is 16.7 Å². The second-order valence-corrected chi connectivity index (χ2v) is 7.55. The molecule has 8 heteroatoms. The fraction of sp³-hybridized carbons (Fsp3) is 0.0714. The summed E-state index contributed by atoms with van der Waals surface area (Å²) in [6.07, 6.45) is 0. The molecule has 5 nitrogen and oxygen atoms in total. The number of hydrogen-bond donors (Lipinski definition) is 3. The van der Waals surface area contributed by atoms with Crippen LogP contribution >= 0.6 is 28.6 Å². The summed E-state index contributed by atoms with van der Waals surface area (Å²) in [5, 5.41) is 2.57. The van der Waals surface area contributed by atoms with Crippen LogP contribution in [0.1, 0.15) is 6.92 Å². The number of benzene rings is 2. The number of halogens is 1.